The minimum Gasteiger partial charge on any atom is -0.374 e. The third-order valence-electron chi connectivity index (χ3n) is 2.51. The van der Waals surface area contributed by atoms with E-state index in [0.717, 1.165) is 11.8 Å². The Hall–Kier alpha value is -0.333. The number of hydrogen-bond acceptors (Lipinski definition) is 4. The highest BCUT2D eigenvalue weighted by molar-refractivity contribution is 7.99. The van der Waals surface area contributed by atoms with E-state index in [-0.39, 0.29) is 0 Å². The zero-order valence-corrected chi connectivity index (χ0v) is 13.9. The molecule has 0 spiro atoms. The van der Waals surface area contributed by atoms with Crippen molar-refractivity contribution in [2.75, 3.05) is 25.6 Å². The van der Waals surface area contributed by atoms with Crippen molar-refractivity contribution in [3.63, 3.8) is 0 Å². The lowest BCUT2D eigenvalue weighted by atomic mass is 10.4. The van der Waals surface area contributed by atoms with E-state index in [0.29, 0.717) is 19.8 Å². The van der Waals surface area contributed by atoms with Crippen molar-refractivity contribution in [3.05, 3.63) is 30.3 Å². The lowest BCUT2D eigenvalue weighted by molar-refractivity contribution is 0.0728. The molecule has 3 nitrogen and oxygen atoms in total. The molecular formula is C14H24O3SSi. The van der Waals surface area contributed by atoms with E-state index < -0.39 is 8.80 Å². The van der Waals surface area contributed by atoms with Crippen LogP contribution in [-0.2, 0) is 13.3 Å². The highest BCUT2D eigenvalue weighted by Crippen LogP contribution is 2.24. The second-order valence-electron chi connectivity index (χ2n) is 3.89. The van der Waals surface area contributed by atoms with Gasteiger partial charge < -0.3 is 13.3 Å². The Morgan fingerprint density at radius 2 is 1.42 bits per heavy atom. The minimum atomic E-state index is -2.47. The van der Waals surface area contributed by atoms with Crippen molar-refractivity contribution >= 4 is 20.6 Å². The Balaban J connectivity index is 2.51. The predicted octanol–water partition coefficient (Wildman–Crippen LogP) is 3.83. The molecule has 0 saturated heterocycles. The molecule has 5 heteroatoms. The average Bonchev–Trinajstić information content (AvgIpc) is 2.41. The molecular weight excluding hydrogens is 276 g/mol. The second-order valence-corrected chi connectivity index (χ2v) is 7.79. The molecule has 0 aliphatic rings. The van der Waals surface area contributed by atoms with E-state index in [9.17, 15) is 0 Å². The summed E-state index contributed by atoms with van der Waals surface area (Å²) in [4.78, 5) is 1.27. The molecule has 0 aromatic heterocycles. The van der Waals surface area contributed by atoms with Gasteiger partial charge in [0.25, 0.3) is 0 Å². The summed E-state index contributed by atoms with van der Waals surface area (Å²) < 4.78 is 17.5. The molecule has 0 aliphatic heterocycles. The molecule has 0 atom stereocenters. The number of rotatable bonds is 10. The molecule has 1 aromatic carbocycles. The maximum absolute atomic E-state index is 5.83. The molecule has 1 aromatic rings. The average molecular weight is 300 g/mol. The van der Waals surface area contributed by atoms with Crippen LogP contribution in [0.5, 0.6) is 0 Å². The lowest BCUT2D eigenvalue weighted by Crippen LogP contribution is -2.46. The molecule has 0 fully saturated rings. The van der Waals surface area contributed by atoms with Gasteiger partial charge >= 0.3 is 8.80 Å². The summed E-state index contributed by atoms with van der Waals surface area (Å²) >= 11 is 1.82. The topological polar surface area (TPSA) is 27.7 Å². The highest BCUT2D eigenvalue weighted by atomic mass is 32.2. The predicted molar refractivity (Wildman–Crippen MR) is 82.6 cm³/mol. The molecule has 0 aliphatic carbocycles. The van der Waals surface area contributed by atoms with Crippen molar-refractivity contribution in [2.24, 2.45) is 0 Å². The maximum Gasteiger partial charge on any atom is 0.501 e. The maximum atomic E-state index is 5.83. The van der Waals surface area contributed by atoms with E-state index in [2.05, 4.69) is 24.3 Å². The normalized spacial score (nSPS) is 11.7. The molecule has 108 valence electrons. The Bertz CT molecular complexity index is 318. The van der Waals surface area contributed by atoms with Gasteiger partial charge in [-0.3, -0.25) is 0 Å². The molecule has 1 rings (SSSR count). The number of hydrogen-bond donors (Lipinski definition) is 0. The Morgan fingerprint density at radius 3 is 1.89 bits per heavy atom. The Morgan fingerprint density at radius 1 is 0.895 bits per heavy atom. The summed E-state index contributed by atoms with van der Waals surface area (Å²) in [6.45, 7) is 7.89. The highest BCUT2D eigenvalue weighted by Gasteiger charge is 2.39. The van der Waals surface area contributed by atoms with Crippen molar-refractivity contribution in [3.8, 4) is 0 Å². The van der Waals surface area contributed by atoms with Crippen LogP contribution in [0, 0.1) is 0 Å². The Labute approximate surface area is 122 Å². The fraction of sp³-hybridized carbons (Fsp3) is 0.571. The first kappa shape index (κ1) is 16.7. The van der Waals surface area contributed by atoms with Gasteiger partial charge in [-0.15, -0.1) is 11.8 Å². The van der Waals surface area contributed by atoms with Crippen LogP contribution in [0.3, 0.4) is 0 Å². The largest absolute Gasteiger partial charge is 0.501 e. The zero-order valence-electron chi connectivity index (χ0n) is 12.1. The summed E-state index contributed by atoms with van der Waals surface area (Å²) in [5.74, 6) is 0.955. The van der Waals surface area contributed by atoms with Crippen molar-refractivity contribution in [1.29, 1.82) is 0 Å². The van der Waals surface area contributed by atoms with Crippen LogP contribution in [0.25, 0.3) is 0 Å². The van der Waals surface area contributed by atoms with Crippen LogP contribution < -0.4 is 0 Å². The molecule has 19 heavy (non-hydrogen) atoms. The SMILES string of the molecule is CCO[Si](CCSc1ccccc1)(OCC)OCC. The molecule has 0 bridgehead atoms. The molecule has 0 N–H and O–H groups in total. The van der Waals surface area contributed by atoms with Gasteiger partial charge in [0, 0.05) is 36.5 Å². The van der Waals surface area contributed by atoms with E-state index in [1.54, 1.807) is 0 Å². The van der Waals surface area contributed by atoms with E-state index in [1.165, 1.54) is 4.90 Å². The van der Waals surface area contributed by atoms with Crippen LogP contribution in [-0.4, -0.2) is 34.4 Å². The molecule has 0 heterocycles. The summed E-state index contributed by atoms with van der Waals surface area (Å²) in [6, 6.07) is 11.2. The van der Waals surface area contributed by atoms with Crippen molar-refractivity contribution in [1.82, 2.24) is 0 Å². The number of thioether (sulfide) groups is 1. The van der Waals surface area contributed by atoms with Gasteiger partial charge in [-0.1, -0.05) is 18.2 Å². The van der Waals surface area contributed by atoms with Gasteiger partial charge in [0.05, 0.1) is 0 Å². The number of benzene rings is 1. The lowest BCUT2D eigenvalue weighted by Gasteiger charge is -2.28. The van der Waals surface area contributed by atoms with Gasteiger partial charge in [-0.25, -0.2) is 0 Å². The quantitative estimate of drug-likeness (QED) is 0.485. The summed E-state index contributed by atoms with van der Waals surface area (Å²) in [5.41, 5.74) is 0. The first-order valence-corrected chi connectivity index (χ1v) is 9.77. The van der Waals surface area contributed by atoms with Crippen LogP contribution >= 0.6 is 11.8 Å². The fourth-order valence-electron chi connectivity index (χ4n) is 1.81. The smallest absolute Gasteiger partial charge is 0.374 e. The summed E-state index contributed by atoms with van der Waals surface area (Å²) in [5, 5.41) is 0. The second kappa shape index (κ2) is 9.55. The molecule has 0 unspecified atom stereocenters. The van der Waals surface area contributed by atoms with Crippen LogP contribution in [0.4, 0.5) is 0 Å². The standard InChI is InChI=1S/C14H24O3SSi/c1-4-15-19(16-5-2,17-6-3)13-12-18-14-10-8-7-9-11-14/h7-11H,4-6,12-13H2,1-3H3. The minimum absolute atomic E-state index is 0.641. The van der Waals surface area contributed by atoms with E-state index >= 15 is 0 Å². The monoisotopic (exact) mass is 300 g/mol. The van der Waals surface area contributed by atoms with Crippen molar-refractivity contribution < 1.29 is 13.3 Å². The first-order chi connectivity index (χ1) is 9.26. The van der Waals surface area contributed by atoms with Gasteiger partial charge in [0.2, 0.25) is 0 Å². The molecule has 0 amide bonds. The van der Waals surface area contributed by atoms with Crippen LogP contribution in [0.15, 0.2) is 35.2 Å². The summed E-state index contributed by atoms with van der Waals surface area (Å²) in [7, 11) is -2.47. The van der Waals surface area contributed by atoms with E-state index in [4.69, 9.17) is 13.3 Å². The fourth-order valence-corrected chi connectivity index (χ4v) is 5.81. The van der Waals surface area contributed by atoms with Crippen LogP contribution in [0.2, 0.25) is 6.04 Å². The third kappa shape index (κ3) is 6.10. The molecule has 0 saturated carbocycles. The van der Waals surface area contributed by atoms with Crippen molar-refractivity contribution in [2.45, 2.75) is 31.7 Å². The van der Waals surface area contributed by atoms with E-state index in [1.807, 2.05) is 38.6 Å². The first-order valence-electron chi connectivity index (χ1n) is 6.86. The molecule has 0 radical (unpaired) electrons. The third-order valence-corrected chi connectivity index (χ3v) is 6.94. The zero-order chi connectivity index (χ0) is 14.0. The summed E-state index contributed by atoms with van der Waals surface area (Å²) in [6.07, 6.45) is 0. The van der Waals surface area contributed by atoms with Gasteiger partial charge in [0.1, 0.15) is 0 Å². The van der Waals surface area contributed by atoms with Gasteiger partial charge in [0.15, 0.2) is 0 Å². The van der Waals surface area contributed by atoms with Crippen LogP contribution in [0.1, 0.15) is 20.8 Å². The van der Waals surface area contributed by atoms with Gasteiger partial charge in [-0.2, -0.15) is 0 Å². The Kier molecular flexibility index (Phi) is 8.41. The van der Waals surface area contributed by atoms with Gasteiger partial charge in [-0.05, 0) is 32.9 Å².